The number of allylic oxidation sites excluding steroid dienone is 2. The molecule has 1 heterocycles. The van der Waals surface area contributed by atoms with Gasteiger partial charge in [0.2, 0.25) is 5.91 Å². The van der Waals surface area contributed by atoms with Crippen LogP contribution >= 0.6 is 0 Å². The van der Waals surface area contributed by atoms with E-state index in [1.54, 1.807) is 0 Å². The van der Waals surface area contributed by atoms with Crippen molar-refractivity contribution in [2.24, 2.45) is 5.92 Å². The van der Waals surface area contributed by atoms with Gasteiger partial charge in [-0.2, -0.15) is 0 Å². The highest BCUT2D eigenvalue weighted by Crippen LogP contribution is 2.21. The third kappa shape index (κ3) is 3.56. The van der Waals surface area contributed by atoms with Crippen molar-refractivity contribution >= 4 is 5.91 Å². The SMILES string of the molecule is CCN(CC1CCCN1)C(=O)CC1C=CCC1. The van der Waals surface area contributed by atoms with E-state index in [2.05, 4.69) is 24.4 Å². The van der Waals surface area contributed by atoms with E-state index in [1.807, 2.05) is 4.90 Å². The minimum Gasteiger partial charge on any atom is -0.341 e. The van der Waals surface area contributed by atoms with Crippen molar-refractivity contribution in [1.29, 1.82) is 0 Å². The molecule has 1 N–H and O–H groups in total. The summed E-state index contributed by atoms with van der Waals surface area (Å²) >= 11 is 0. The van der Waals surface area contributed by atoms with Crippen LogP contribution < -0.4 is 5.32 Å². The van der Waals surface area contributed by atoms with Crippen LogP contribution in [-0.2, 0) is 4.79 Å². The lowest BCUT2D eigenvalue weighted by atomic mass is 10.0. The first-order valence-corrected chi connectivity index (χ1v) is 6.97. The van der Waals surface area contributed by atoms with E-state index in [-0.39, 0.29) is 0 Å². The lowest BCUT2D eigenvalue weighted by molar-refractivity contribution is -0.132. The number of nitrogens with zero attached hydrogens (tertiary/aromatic N) is 1. The van der Waals surface area contributed by atoms with Crippen LogP contribution in [0.3, 0.4) is 0 Å². The largest absolute Gasteiger partial charge is 0.341 e. The molecule has 3 heteroatoms. The number of carbonyl (C=O) groups excluding carboxylic acids is 1. The van der Waals surface area contributed by atoms with Crippen LogP contribution in [0.2, 0.25) is 0 Å². The van der Waals surface area contributed by atoms with Crippen molar-refractivity contribution in [3.8, 4) is 0 Å². The molecule has 1 aliphatic heterocycles. The van der Waals surface area contributed by atoms with E-state index < -0.39 is 0 Å². The average Bonchev–Trinajstić information content (AvgIpc) is 2.97. The Morgan fingerprint density at radius 1 is 1.47 bits per heavy atom. The van der Waals surface area contributed by atoms with Crippen LogP contribution in [0.1, 0.15) is 39.0 Å². The van der Waals surface area contributed by atoms with Gasteiger partial charge in [-0.25, -0.2) is 0 Å². The van der Waals surface area contributed by atoms with E-state index in [9.17, 15) is 4.79 Å². The van der Waals surface area contributed by atoms with Gasteiger partial charge in [-0.15, -0.1) is 0 Å². The summed E-state index contributed by atoms with van der Waals surface area (Å²) in [5.41, 5.74) is 0. The molecule has 0 radical (unpaired) electrons. The van der Waals surface area contributed by atoms with Crippen molar-refractivity contribution in [3.05, 3.63) is 12.2 Å². The number of hydrogen-bond donors (Lipinski definition) is 1. The first-order valence-electron chi connectivity index (χ1n) is 6.97. The minimum atomic E-state index is 0.331. The summed E-state index contributed by atoms with van der Waals surface area (Å²) in [5.74, 6) is 0.825. The molecule has 0 bridgehead atoms. The van der Waals surface area contributed by atoms with E-state index >= 15 is 0 Å². The second-order valence-corrected chi connectivity index (χ2v) is 5.20. The number of amides is 1. The normalized spacial score (nSPS) is 27.6. The summed E-state index contributed by atoms with van der Waals surface area (Å²) in [6.07, 6.45) is 9.89. The standard InChI is InChI=1S/C14H24N2O/c1-2-16(11-13-8-5-9-15-13)14(17)10-12-6-3-4-7-12/h3,6,12-13,15H,2,4-5,7-11H2,1H3. The number of nitrogens with one attached hydrogen (secondary N) is 1. The smallest absolute Gasteiger partial charge is 0.223 e. The van der Waals surface area contributed by atoms with Crippen LogP contribution in [0.5, 0.6) is 0 Å². The van der Waals surface area contributed by atoms with Crippen molar-refractivity contribution in [2.75, 3.05) is 19.6 Å². The molecule has 1 amide bonds. The molecular formula is C14H24N2O. The first kappa shape index (κ1) is 12.6. The number of carbonyl (C=O) groups is 1. The highest BCUT2D eigenvalue weighted by molar-refractivity contribution is 5.76. The van der Waals surface area contributed by atoms with Gasteiger partial charge in [-0.05, 0) is 45.1 Å². The van der Waals surface area contributed by atoms with Crippen LogP contribution in [0.15, 0.2) is 12.2 Å². The third-order valence-corrected chi connectivity index (χ3v) is 3.89. The Hall–Kier alpha value is -0.830. The zero-order valence-electron chi connectivity index (χ0n) is 10.8. The molecule has 2 aliphatic rings. The van der Waals surface area contributed by atoms with E-state index in [0.717, 1.165) is 32.5 Å². The molecule has 0 spiro atoms. The van der Waals surface area contributed by atoms with Gasteiger partial charge in [-0.3, -0.25) is 4.79 Å². The molecule has 0 aromatic heterocycles. The van der Waals surface area contributed by atoms with Gasteiger partial charge in [0.05, 0.1) is 0 Å². The Bertz CT molecular complexity index is 282. The monoisotopic (exact) mass is 236 g/mol. The summed E-state index contributed by atoms with van der Waals surface area (Å²) in [5, 5.41) is 3.46. The Kier molecular flexibility index (Phi) is 4.60. The fourth-order valence-corrected chi connectivity index (χ4v) is 2.80. The van der Waals surface area contributed by atoms with Gasteiger partial charge in [0, 0.05) is 25.6 Å². The quantitative estimate of drug-likeness (QED) is 0.740. The molecular weight excluding hydrogens is 212 g/mol. The van der Waals surface area contributed by atoms with E-state index in [1.165, 1.54) is 12.8 Å². The Morgan fingerprint density at radius 3 is 2.94 bits per heavy atom. The molecule has 1 aliphatic carbocycles. The van der Waals surface area contributed by atoms with Crippen molar-refractivity contribution < 1.29 is 4.79 Å². The molecule has 2 rings (SSSR count). The van der Waals surface area contributed by atoms with E-state index in [0.29, 0.717) is 24.3 Å². The van der Waals surface area contributed by atoms with Crippen LogP contribution in [0, 0.1) is 5.92 Å². The van der Waals surface area contributed by atoms with Gasteiger partial charge in [0.1, 0.15) is 0 Å². The maximum atomic E-state index is 12.2. The van der Waals surface area contributed by atoms with E-state index in [4.69, 9.17) is 0 Å². The lowest BCUT2D eigenvalue weighted by Crippen LogP contribution is -2.41. The lowest BCUT2D eigenvalue weighted by Gasteiger charge is -2.25. The maximum absolute atomic E-state index is 12.2. The van der Waals surface area contributed by atoms with Crippen LogP contribution in [0.25, 0.3) is 0 Å². The first-order chi connectivity index (χ1) is 8.29. The van der Waals surface area contributed by atoms with Gasteiger partial charge >= 0.3 is 0 Å². The third-order valence-electron chi connectivity index (χ3n) is 3.89. The van der Waals surface area contributed by atoms with Gasteiger partial charge in [0.25, 0.3) is 0 Å². The summed E-state index contributed by atoms with van der Waals surface area (Å²) in [7, 11) is 0. The molecule has 1 saturated heterocycles. The summed E-state index contributed by atoms with van der Waals surface area (Å²) in [6, 6.07) is 0.526. The second-order valence-electron chi connectivity index (χ2n) is 5.20. The van der Waals surface area contributed by atoms with Crippen molar-refractivity contribution in [1.82, 2.24) is 10.2 Å². The molecule has 96 valence electrons. The molecule has 0 aromatic rings. The topological polar surface area (TPSA) is 32.3 Å². The molecule has 3 nitrogen and oxygen atoms in total. The fraction of sp³-hybridized carbons (Fsp3) is 0.786. The Balaban J connectivity index is 1.79. The molecule has 2 unspecified atom stereocenters. The molecule has 0 aromatic carbocycles. The Morgan fingerprint density at radius 2 is 2.35 bits per heavy atom. The highest BCUT2D eigenvalue weighted by Gasteiger charge is 2.22. The number of likely N-dealkylation sites (N-methyl/N-ethyl adjacent to an activating group) is 1. The van der Waals surface area contributed by atoms with Crippen LogP contribution in [0.4, 0.5) is 0 Å². The molecule has 2 atom stereocenters. The van der Waals surface area contributed by atoms with Gasteiger partial charge in [0.15, 0.2) is 0 Å². The van der Waals surface area contributed by atoms with Crippen LogP contribution in [-0.4, -0.2) is 36.5 Å². The Labute approximate surface area is 104 Å². The number of hydrogen-bond acceptors (Lipinski definition) is 2. The number of rotatable bonds is 5. The van der Waals surface area contributed by atoms with Crippen molar-refractivity contribution in [3.63, 3.8) is 0 Å². The van der Waals surface area contributed by atoms with Gasteiger partial charge in [-0.1, -0.05) is 12.2 Å². The van der Waals surface area contributed by atoms with Gasteiger partial charge < -0.3 is 10.2 Å². The molecule has 0 saturated carbocycles. The fourth-order valence-electron chi connectivity index (χ4n) is 2.80. The van der Waals surface area contributed by atoms with Crippen molar-refractivity contribution in [2.45, 2.75) is 45.1 Å². The molecule has 1 fully saturated rings. The molecule has 17 heavy (non-hydrogen) atoms. The zero-order valence-corrected chi connectivity index (χ0v) is 10.8. The highest BCUT2D eigenvalue weighted by atomic mass is 16.2. The predicted octanol–water partition coefficient (Wildman–Crippen LogP) is 1.94. The summed E-state index contributed by atoms with van der Waals surface area (Å²) < 4.78 is 0. The minimum absolute atomic E-state index is 0.331. The second kappa shape index (κ2) is 6.20. The average molecular weight is 236 g/mol. The summed E-state index contributed by atoms with van der Waals surface area (Å²) in [4.78, 5) is 14.2. The maximum Gasteiger partial charge on any atom is 0.223 e. The predicted molar refractivity (Wildman–Crippen MR) is 69.8 cm³/mol. The summed E-state index contributed by atoms with van der Waals surface area (Å²) in [6.45, 7) is 4.93. The zero-order chi connectivity index (χ0) is 12.1.